The standard InChI is InChI=1S/C10H12INO2/c1-6(12)4-7-2-3-9(11)8(5-7)10(13)14/h2-3,5-6H,4,12H2,1H3,(H,13,14)/t6-/m1/s1. The highest BCUT2D eigenvalue weighted by molar-refractivity contribution is 14.1. The zero-order valence-corrected chi connectivity index (χ0v) is 9.98. The van der Waals surface area contributed by atoms with E-state index in [0.717, 1.165) is 9.13 Å². The third-order valence-electron chi connectivity index (χ3n) is 1.82. The number of carboxylic acids is 1. The van der Waals surface area contributed by atoms with Gasteiger partial charge in [-0.05, 0) is 53.6 Å². The summed E-state index contributed by atoms with van der Waals surface area (Å²) in [5.74, 6) is -0.888. The number of carbonyl (C=O) groups is 1. The Hall–Kier alpha value is -0.620. The summed E-state index contributed by atoms with van der Waals surface area (Å²) in [6.07, 6.45) is 0.706. The minimum atomic E-state index is -0.888. The Morgan fingerprint density at radius 2 is 2.29 bits per heavy atom. The highest BCUT2D eigenvalue weighted by Crippen LogP contribution is 2.15. The molecule has 0 saturated carbocycles. The van der Waals surface area contributed by atoms with E-state index >= 15 is 0 Å². The first-order valence-corrected chi connectivity index (χ1v) is 5.36. The van der Waals surface area contributed by atoms with Crippen LogP contribution in [-0.4, -0.2) is 17.1 Å². The van der Waals surface area contributed by atoms with Gasteiger partial charge in [0.2, 0.25) is 0 Å². The van der Waals surface area contributed by atoms with Gasteiger partial charge in [-0.15, -0.1) is 0 Å². The number of halogens is 1. The van der Waals surface area contributed by atoms with Gasteiger partial charge >= 0.3 is 5.97 Å². The molecule has 4 heteroatoms. The molecule has 1 rings (SSSR count). The van der Waals surface area contributed by atoms with Gasteiger partial charge in [0.25, 0.3) is 0 Å². The fourth-order valence-corrected chi connectivity index (χ4v) is 1.80. The van der Waals surface area contributed by atoms with E-state index in [4.69, 9.17) is 10.8 Å². The van der Waals surface area contributed by atoms with E-state index in [1.54, 1.807) is 6.07 Å². The SMILES string of the molecule is C[C@@H](N)Cc1ccc(I)c(C(=O)O)c1. The lowest BCUT2D eigenvalue weighted by Crippen LogP contribution is -2.18. The van der Waals surface area contributed by atoms with Gasteiger partial charge in [-0.1, -0.05) is 6.07 Å². The Kier molecular flexibility index (Phi) is 3.88. The molecule has 1 aromatic rings. The van der Waals surface area contributed by atoms with Crippen molar-refractivity contribution in [3.05, 3.63) is 32.9 Å². The lowest BCUT2D eigenvalue weighted by atomic mass is 10.1. The van der Waals surface area contributed by atoms with Gasteiger partial charge < -0.3 is 10.8 Å². The van der Waals surface area contributed by atoms with Crippen molar-refractivity contribution in [1.82, 2.24) is 0 Å². The molecule has 0 radical (unpaired) electrons. The fraction of sp³-hybridized carbons (Fsp3) is 0.300. The summed E-state index contributed by atoms with van der Waals surface area (Å²) >= 11 is 2.01. The average molecular weight is 305 g/mol. The van der Waals surface area contributed by atoms with Gasteiger partial charge in [0, 0.05) is 9.61 Å². The lowest BCUT2D eigenvalue weighted by molar-refractivity contribution is 0.0695. The zero-order valence-electron chi connectivity index (χ0n) is 7.83. The molecule has 14 heavy (non-hydrogen) atoms. The molecule has 3 nitrogen and oxygen atoms in total. The van der Waals surface area contributed by atoms with Crippen LogP contribution in [0.2, 0.25) is 0 Å². The highest BCUT2D eigenvalue weighted by atomic mass is 127. The number of hydrogen-bond acceptors (Lipinski definition) is 2. The molecule has 0 fully saturated rings. The molecular formula is C10H12INO2. The molecule has 1 atom stereocenters. The van der Waals surface area contributed by atoms with Gasteiger partial charge in [-0.25, -0.2) is 4.79 Å². The molecule has 0 spiro atoms. The lowest BCUT2D eigenvalue weighted by Gasteiger charge is -2.07. The average Bonchev–Trinajstić information content (AvgIpc) is 2.07. The number of benzene rings is 1. The van der Waals surface area contributed by atoms with Crippen LogP contribution in [0.25, 0.3) is 0 Å². The Morgan fingerprint density at radius 1 is 1.64 bits per heavy atom. The van der Waals surface area contributed by atoms with E-state index in [2.05, 4.69) is 0 Å². The maximum Gasteiger partial charge on any atom is 0.336 e. The van der Waals surface area contributed by atoms with Gasteiger partial charge in [0.1, 0.15) is 0 Å². The maximum absolute atomic E-state index is 10.8. The monoisotopic (exact) mass is 305 g/mol. The van der Waals surface area contributed by atoms with Crippen LogP contribution in [0.1, 0.15) is 22.8 Å². The van der Waals surface area contributed by atoms with Crippen LogP contribution in [0.3, 0.4) is 0 Å². The molecule has 0 amide bonds. The van der Waals surface area contributed by atoms with E-state index in [-0.39, 0.29) is 6.04 Å². The van der Waals surface area contributed by atoms with Crippen LogP contribution in [0.4, 0.5) is 0 Å². The van der Waals surface area contributed by atoms with E-state index in [9.17, 15) is 4.79 Å². The van der Waals surface area contributed by atoms with Crippen LogP contribution in [-0.2, 0) is 6.42 Å². The van der Waals surface area contributed by atoms with E-state index < -0.39 is 5.97 Å². The second kappa shape index (κ2) is 4.75. The van der Waals surface area contributed by atoms with Crippen molar-refractivity contribution in [2.45, 2.75) is 19.4 Å². The summed E-state index contributed by atoms with van der Waals surface area (Å²) in [6, 6.07) is 5.46. The minimum absolute atomic E-state index is 0.0525. The van der Waals surface area contributed by atoms with Gasteiger partial charge in [0.15, 0.2) is 0 Å². The molecule has 0 aliphatic rings. The molecule has 0 aromatic heterocycles. The van der Waals surface area contributed by atoms with Crippen molar-refractivity contribution in [2.75, 3.05) is 0 Å². The van der Waals surface area contributed by atoms with Crippen molar-refractivity contribution in [2.24, 2.45) is 5.73 Å². The van der Waals surface area contributed by atoms with E-state index in [0.29, 0.717) is 12.0 Å². The summed E-state index contributed by atoms with van der Waals surface area (Å²) in [4.78, 5) is 10.8. The predicted molar refractivity (Wildman–Crippen MR) is 63.5 cm³/mol. The van der Waals surface area contributed by atoms with Gasteiger partial charge in [-0.3, -0.25) is 0 Å². The molecule has 0 bridgehead atoms. The third-order valence-corrected chi connectivity index (χ3v) is 2.76. The predicted octanol–water partition coefficient (Wildman–Crippen LogP) is 1.88. The molecule has 0 heterocycles. The highest BCUT2D eigenvalue weighted by Gasteiger charge is 2.09. The fourth-order valence-electron chi connectivity index (χ4n) is 1.24. The molecule has 0 aliphatic carbocycles. The Balaban J connectivity index is 3.00. The van der Waals surface area contributed by atoms with E-state index in [1.807, 2.05) is 41.6 Å². The first kappa shape index (κ1) is 11.5. The van der Waals surface area contributed by atoms with Crippen molar-refractivity contribution < 1.29 is 9.90 Å². The maximum atomic E-state index is 10.8. The van der Waals surface area contributed by atoms with Crippen LogP contribution in [0, 0.1) is 3.57 Å². The molecule has 3 N–H and O–H groups in total. The van der Waals surface area contributed by atoms with Crippen LogP contribution in [0.15, 0.2) is 18.2 Å². The minimum Gasteiger partial charge on any atom is -0.478 e. The van der Waals surface area contributed by atoms with Crippen molar-refractivity contribution in [3.63, 3.8) is 0 Å². The normalized spacial score (nSPS) is 12.5. The second-order valence-electron chi connectivity index (χ2n) is 3.30. The summed E-state index contributed by atoms with van der Waals surface area (Å²) in [5, 5.41) is 8.89. The van der Waals surface area contributed by atoms with Crippen LogP contribution >= 0.6 is 22.6 Å². The second-order valence-corrected chi connectivity index (χ2v) is 4.46. The first-order valence-electron chi connectivity index (χ1n) is 4.28. The molecule has 76 valence electrons. The topological polar surface area (TPSA) is 63.3 Å². The van der Waals surface area contributed by atoms with Crippen LogP contribution in [0.5, 0.6) is 0 Å². The summed E-state index contributed by atoms with van der Waals surface area (Å²) in [7, 11) is 0. The third kappa shape index (κ3) is 2.95. The van der Waals surface area contributed by atoms with Gasteiger partial charge in [-0.2, -0.15) is 0 Å². The number of aromatic carboxylic acids is 1. The van der Waals surface area contributed by atoms with Gasteiger partial charge in [0.05, 0.1) is 5.56 Å². The number of rotatable bonds is 3. The molecule has 0 aliphatic heterocycles. The summed E-state index contributed by atoms with van der Waals surface area (Å²) in [6.45, 7) is 1.90. The number of nitrogens with two attached hydrogens (primary N) is 1. The van der Waals surface area contributed by atoms with Crippen molar-refractivity contribution in [1.29, 1.82) is 0 Å². The summed E-state index contributed by atoms with van der Waals surface area (Å²) < 4.78 is 0.753. The first-order chi connectivity index (χ1) is 6.50. The summed E-state index contributed by atoms with van der Waals surface area (Å²) in [5.41, 5.74) is 6.96. The number of hydrogen-bond donors (Lipinski definition) is 2. The van der Waals surface area contributed by atoms with Crippen molar-refractivity contribution in [3.8, 4) is 0 Å². The Bertz CT molecular complexity index is 350. The molecule has 0 unspecified atom stereocenters. The zero-order chi connectivity index (χ0) is 10.7. The largest absolute Gasteiger partial charge is 0.478 e. The molecular weight excluding hydrogens is 293 g/mol. The molecule has 1 aromatic carbocycles. The number of carboxylic acid groups (broad SMARTS) is 1. The quantitative estimate of drug-likeness (QED) is 0.838. The van der Waals surface area contributed by atoms with E-state index in [1.165, 1.54) is 0 Å². The van der Waals surface area contributed by atoms with Crippen molar-refractivity contribution >= 4 is 28.6 Å². The smallest absolute Gasteiger partial charge is 0.336 e. The molecule has 0 saturated heterocycles. The Labute approximate surface area is 96.4 Å². The Morgan fingerprint density at radius 3 is 2.79 bits per heavy atom. The van der Waals surface area contributed by atoms with Crippen LogP contribution < -0.4 is 5.73 Å².